The Morgan fingerprint density at radius 2 is 1.68 bits per heavy atom. The molecule has 3 aliphatic heterocycles. The zero-order chi connectivity index (χ0) is 24.9. The minimum atomic E-state index is 0.493. The second-order valence-corrected chi connectivity index (χ2v) is 9.13. The van der Waals surface area contributed by atoms with Gasteiger partial charge in [0.2, 0.25) is 0 Å². The van der Waals surface area contributed by atoms with Gasteiger partial charge in [-0.25, -0.2) is 4.98 Å². The van der Waals surface area contributed by atoms with Crippen LogP contribution in [-0.4, -0.2) is 98.5 Å². The molecule has 3 aromatic heterocycles. The van der Waals surface area contributed by atoms with E-state index >= 15 is 0 Å². The van der Waals surface area contributed by atoms with Crippen molar-refractivity contribution in [2.75, 3.05) is 82.2 Å². The molecule has 10 heteroatoms. The summed E-state index contributed by atoms with van der Waals surface area (Å²) in [6.07, 6.45) is 7.38. The number of ether oxygens (including phenoxy) is 3. The molecule has 2 fully saturated rings. The van der Waals surface area contributed by atoms with Crippen molar-refractivity contribution in [3.63, 3.8) is 0 Å². The van der Waals surface area contributed by atoms with Gasteiger partial charge in [0, 0.05) is 50.7 Å². The van der Waals surface area contributed by atoms with E-state index in [4.69, 9.17) is 29.2 Å². The second kappa shape index (κ2) is 11.2. The maximum Gasteiger partial charge on any atom is 0.137 e. The van der Waals surface area contributed by atoms with Crippen LogP contribution in [0.2, 0.25) is 0 Å². The number of morpholine rings is 2. The van der Waals surface area contributed by atoms with Crippen molar-refractivity contribution < 1.29 is 14.2 Å². The van der Waals surface area contributed by atoms with Crippen LogP contribution >= 0.6 is 0 Å². The van der Waals surface area contributed by atoms with Crippen LogP contribution < -0.4 is 14.5 Å². The number of aromatic nitrogens is 3. The lowest BCUT2D eigenvalue weighted by Crippen LogP contribution is -2.38. The molecule has 0 bridgehead atoms. The van der Waals surface area contributed by atoms with Crippen LogP contribution in [0.25, 0.3) is 11.4 Å². The molecule has 2 saturated heterocycles. The first-order valence-electron chi connectivity index (χ1n) is 12.8. The maximum absolute atomic E-state index is 5.95. The number of rotatable bonds is 7. The van der Waals surface area contributed by atoms with Crippen molar-refractivity contribution in [2.45, 2.75) is 0 Å². The van der Waals surface area contributed by atoms with Crippen LogP contribution in [0.4, 0.5) is 17.2 Å². The fraction of sp³-hybridized carbons (Fsp3) is 0.407. The normalized spacial score (nSPS) is 18.1. The second-order valence-electron chi connectivity index (χ2n) is 9.13. The lowest BCUT2D eigenvalue weighted by atomic mass is 10.1. The summed E-state index contributed by atoms with van der Waals surface area (Å²) in [5.74, 6) is 1.72. The molecule has 6 heterocycles. The van der Waals surface area contributed by atoms with E-state index in [1.54, 1.807) is 12.4 Å². The van der Waals surface area contributed by atoms with Crippen molar-refractivity contribution in [3.8, 4) is 17.1 Å². The van der Waals surface area contributed by atoms with E-state index in [0.717, 1.165) is 99.0 Å². The first-order chi connectivity index (χ1) is 18.3. The molecular formula is C27H31N7O3. The standard InChI is InChI=1S/C27H31N7O3/c1-4-25(33-10-14-36-15-11-33)31-18-22(1)34-20-28-17-21-5-6-29-26(27(21)34)24-3-2-23(19-30-24)37-16-9-32-7-12-35-13-8-32/h1-6,17-19H,7-16,20H2. The molecule has 192 valence electrons. The smallest absolute Gasteiger partial charge is 0.137 e. The number of pyridine rings is 3. The Morgan fingerprint density at radius 3 is 2.43 bits per heavy atom. The third-order valence-electron chi connectivity index (χ3n) is 6.82. The Labute approximate surface area is 216 Å². The summed E-state index contributed by atoms with van der Waals surface area (Å²) in [5, 5.41) is 0. The molecule has 3 aromatic rings. The van der Waals surface area contributed by atoms with Gasteiger partial charge >= 0.3 is 0 Å². The molecule has 3 aliphatic rings. The Morgan fingerprint density at radius 1 is 0.838 bits per heavy atom. The van der Waals surface area contributed by atoms with Gasteiger partial charge in [0.1, 0.15) is 30.5 Å². The maximum atomic E-state index is 5.95. The van der Waals surface area contributed by atoms with Crippen LogP contribution in [0.3, 0.4) is 0 Å². The molecule has 0 aliphatic carbocycles. The lowest BCUT2D eigenvalue weighted by Gasteiger charge is -2.30. The van der Waals surface area contributed by atoms with Crippen molar-refractivity contribution in [1.29, 1.82) is 0 Å². The monoisotopic (exact) mass is 501 g/mol. The first kappa shape index (κ1) is 23.8. The third-order valence-corrected chi connectivity index (χ3v) is 6.82. The molecule has 0 unspecified atom stereocenters. The van der Waals surface area contributed by atoms with E-state index in [-0.39, 0.29) is 0 Å². The van der Waals surface area contributed by atoms with E-state index in [1.807, 2.05) is 30.6 Å². The highest BCUT2D eigenvalue weighted by Crippen LogP contribution is 2.37. The van der Waals surface area contributed by atoms with Crippen LogP contribution in [0.5, 0.6) is 5.75 Å². The molecule has 0 spiro atoms. The van der Waals surface area contributed by atoms with Gasteiger partial charge in [-0.05, 0) is 30.3 Å². The quantitative estimate of drug-likeness (QED) is 0.485. The highest BCUT2D eigenvalue weighted by molar-refractivity contribution is 5.96. The predicted octanol–water partition coefficient (Wildman–Crippen LogP) is 2.61. The van der Waals surface area contributed by atoms with Gasteiger partial charge in [0.15, 0.2) is 0 Å². The molecule has 10 nitrogen and oxygen atoms in total. The van der Waals surface area contributed by atoms with Gasteiger partial charge in [-0.1, -0.05) is 0 Å². The molecule has 0 N–H and O–H groups in total. The van der Waals surface area contributed by atoms with E-state index in [0.29, 0.717) is 13.3 Å². The summed E-state index contributed by atoms with van der Waals surface area (Å²) in [6, 6.07) is 10.1. The zero-order valence-electron chi connectivity index (χ0n) is 20.8. The molecule has 0 saturated carbocycles. The summed E-state index contributed by atoms with van der Waals surface area (Å²) in [6.45, 7) is 8.67. The number of aliphatic imine (C=N–C) groups is 1. The number of hydrogen-bond donors (Lipinski definition) is 0. The molecule has 0 atom stereocenters. The summed E-state index contributed by atoms with van der Waals surface area (Å²) >= 11 is 0. The summed E-state index contributed by atoms with van der Waals surface area (Å²) < 4.78 is 16.8. The Balaban J connectivity index is 1.19. The summed E-state index contributed by atoms with van der Waals surface area (Å²) in [5.41, 5.74) is 4.54. The number of nitrogens with zero attached hydrogens (tertiary/aromatic N) is 7. The van der Waals surface area contributed by atoms with E-state index in [1.165, 1.54) is 0 Å². The lowest BCUT2D eigenvalue weighted by molar-refractivity contribution is 0.0322. The number of fused-ring (bicyclic) bond motifs is 1. The molecule has 6 rings (SSSR count). The van der Waals surface area contributed by atoms with Gasteiger partial charge in [0.25, 0.3) is 0 Å². The SMILES string of the molecule is C1=NCN(c2ccc(N3CCOCC3)nc2)c2c1ccnc2-c1ccc(OCCN2CCOCC2)cn1. The van der Waals surface area contributed by atoms with Gasteiger partial charge in [-0.2, -0.15) is 0 Å². The van der Waals surface area contributed by atoms with E-state index in [9.17, 15) is 0 Å². The third kappa shape index (κ3) is 5.41. The largest absolute Gasteiger partial charge is 0.491 e. The minimum absolute atomic E-state index is 0.493. The highest BCUT2D eigenvalue weighted by atomic mass is 16.5. The molecule has 0 radical (unpaired) electrons. The molecule has 0 amide bonds. The average molecular weight is 502 g/mol. The Bertz CT molecular complexity index is 1210. The van der Waals surface area contributed by atoms with Crippen molar-refractivity contribution >= 4 is 23.4 Å². The highest BCUT2D eigenvalue weighted by Gasteiger charge is 2.23. The molecule has 0 aromatic carbocycles. The number of anilines is 3. The molecule has 37 heavy (non-hydrogen) atoms. The van der Waals surface area contributed by atoms with Gasteiger partial charge in [-0.3, -0.25) is 19.9 Å². The van der Waals surface area contributed by atoms with Gasteiger partial charge in [0.05, 0.1) is 55.9 Å². The van der Waals surface area contributed by atoms with Crippen molar-refractivity contribution in [1.82, 2.24) is 19.9 Å². The zero-order valence-corrected chi connectivity index (χ0v) is 20.8. The van der Waals surface area contributed by atoms with Crippen molar-refractivity contribution in [3.05, 3.63) is 54.5 Å². The topological polar surface area (TPSA) is 88.4 Å². The minimum Gasteiger partial charge on any atom is -0.491 e. The first-order valence-corrected chi connectivity index (χ1v) is 12.8. The Hall–Kier alpha value is -3.60. The summed E-state index contributed by atoms with van der Waals surface area (Å²) in [7, 11) is 0. The predicted molar refractivity (Wildman–Crippen MR) is 142 cm³/mol. The van der Waals surface area contributed by atoms with Crippen LogP contribution in [-0.2, 0) is 9.47 Å². The fourth-order valence-electron chi connectivity index (χ4n) is 4.79. The van der Waals surface area contributed by atoms with Crippen LogP contribution in [0.15, 0.2) is 53.9 Å². The summed E-state index contributed by atoms with van der Waals surface area (Å²) in [4.78, 5) is 25.5. The van der Waals surface area contributed by atoms with E-state index < -0.39 is 0 Å². The van der Waals surface area contributed by atoms with Gasteiger partial charge in [-0.15, -0.1) is 0 Å². The van der Waals surface area contributed by atoms with Crippen molar-refractivity contribution in [2.24, 2.45) is 4.99 Å². The number of hydrogen-bond acceptors (Lipinski definition) is 10. The average Bonchev–Trinajstić information content (AvgIpc) is 2.98. The van der Waals surface area contributed by atoms with E-state index in [2.05, 4.69) is 31.8 Å². The molecular weight excluding hydrogens is 470 g/mol. The fourth-order valence-corrected chi connectivity index (χ4v) is 4.79. The van der Waals surface area contributed by atoms with Crippen LogP contribution in [0.1, 0.15) is 5.56 Å². The Kier molecular flexibility index (Phi) is 7.20. The van der Waals surface area contributed by atoms with Gasteiger partial charge < -0.3 is 24.0 Å². The van der Waals surface area contributed by atoms with Crippen LogP contribution in [0, 0.1) is 0 Å².